The molecular formula is C13H15F3N2O4. The molecule has 2 unspecified atom stereocenters. The van der Waals surface area contributed by atoms with Crippen LogP contribution in [0.25, 0.3) is 0 Å². The Morgan fingerprint density at radius 3 is 2.82 bits per heavy atom. The molecule has 22 heavy (non-hydrogen) atoms. The first-order chi connectivity index (χ1) is 10.3. The van der Waals surface area contributed by atoms with Gasteiger partial charge in [0.15, 0.2) is 0 Å². The molecule has 0 radical (unpaired) electrons. The summed E-state index contributed by atoms with van der Waals surface area (Å²) in [6.45, 7) is -2.08. The number of halogens is 3. The zero-order valence-corrected chi connectivity index (χ0v) is 11.5. The van der Waals surface area contributed by atoms with E-state index in [1.165, 1.54) is 6.26 Å². The van der Waals surface area contributed by atoms with Gasteiger partial charge in [-0.3, -0.25) is 9.59 Å². The summed E-state index contributed by atoms with van der Waals surface area (Å²) in [4.78, 5) is 24.2. The van der Waals surface area contributed by atoms with E-state index in [1.54, 1.807) is 12.1 Å². The number of hydrogen-bond acceptors (Lipinski definition) is 4. The van der Waals surface area contributed by atoms with Crippen molar-refractivity contribution in [1.82, 2.24) is 10.2 Å². The fraction of sp³-hybridized carbons (Fsp3) is 0.538. The lowest BCUT2D eigenvalue weighted by Gasteiger charge is -2.19. The molecule has 122 valence electrons. The fourth-order valence-corrected chi connectivity index (χ4v) is 2.30. The van der Waals surface area contributed by atoms with Gasteiger partial charge < -0.3 is 19.7 Å². The molecule has 2 rings (SSSR count). The van der Waals surface area contributed by atoms with Crippen molar-refractivity contribution in [3.63, 3.8) is 0 Å². The molecule has 1 aliphatic rings. The van der Waals surface area contributed by atoms with E-state index in [1.807, 2.05) is 0 Å². The number of hydrogen-bond donors (Lipinski definition) is 2. The molecule has 2 amide bonds. The van der Waals surface area contributed by atoms with Gasteiger partial charge >= 0.3 is 6.18 Å². The van der Waals surface area contributed by atoms with Gasteiger partial charge in [-0.15, -0.1) is 0 Å². The van der Waals surface area contributed by atoms with Crippen LogP contribution in [-0.4, -0.2) is 47.7 Å². The van der Waals surface area contributed by atoms with Crippen LogP contribution in [0.4, 0.5) is 13.2 Å². The number of carbonyl (C=O) groups excluding carboxylic acids is 2. The molecule has 2 N–H and O–H groups in total. The lowest BCUT2D eigenvalue weighted by atomic mass is 10.1. The number of furan rings is 1. The van der Waals surface area contributed by atoms with Crippen molar-refractivity contribution >= 4 is 11.8 Å². The number of rotatable bonds is 5. The Bertz CT molecular complexity index is 530. The van der Waals surface area contributed by atoms with Crippen LogP contribution in [0.5, 0.6) is 0 Å². The van der Waals surface area contributed by atoms with E-state index in [-0.39, 0.29) is 13.0 Å². The van der Waals surface area contributed by atoms with E-state index >= 15 is 0 Å². The fourth-order valence-electron chi connectivity index (χ4n) is 2.30. The number of likely N-dealkylation sites (tertiary alicyclic amines) is 1. The van der Waals surface area contributed by atoms with Crippen LogP contribution in [0.3, 0.4) is 0 Å². The molecule has 9 heteroatoms. The van der Waals surface area contributed by atoms with Crippen molar-refractivity contribution in [3.8, 4) is 0 Å². The summed E-state index contributed by atoms with van der Waals surface area (Å²) in [5.74, 6) is -1.85. The lowest BCUT2D eigenvalue weighted by Crippen LogP contribution is -2.38. The third-order valence-corrected chi connectivity index (χ3v) is 3.34. The van der Waals surface area contributed by atoms with Crippen LogP contribution in [-0.2, 0) is 9.59 Å². The molecule has 1 saturated heterocycles. The Balaban J connectivity index is 1.95. The summed E-state index contributed by atoms with van der Waals surface area (Å²) >= 11 is 0. The third-order valence-electron chi connectivity index (χ3n) is 3.34. The van der Waals surface area contributed by atoms with Crippen molar-refractivity contribution in [1.29, 1.82) is 0 Å². The van der Waals surface area contributed by atoms with E-state index in [9.17, 15) is 27.9 Å². The number of aliphatic hydroxyl groups is 1. The van der Waals surface area contributed by atoms with Crippen molar-refractivity contribution in [2.45, 2.75) is 18.6 Å². The average Bonchev–Trinajstić information content (AvgIpc) is 3.05. The number of aliphatic hydroxyl groups excluding tert-OH is 1. The van der Waals surface area contributed by atoms with E-state index in [0.29, 0.717) is 10.7 Å². The summed E-state index contributed by atoms with van der Waals surface area (Å²) < 4.78 is 42.0. The Morgan fingerprint density at radius 2 is 2.27 bits per heavy atom. The largest absolute Gasteiger partial charge is 0.467 e. The highest BCUT2D eigenvalue weighted by Crippen LogP contribution is 2.24. The first kappa shape index (κ1) is 16.3. The molecule has 6 nitrogen and oxygen atoms in total. The Labute approximate surface area is 123 Å². The second kappa shape index (κ2) is 6.39. The molecule has 0 aliphatic carbocycles. The van der Waals surface area contributed by atoms with Crippen LogP contribution >= 0.6 is 0 Å². The van der Waals surface area contributed by atoms with Crippen LogP contribution in [0.2, 0.25) is 0 Å². The number of carbonyl (C=O) groups is 2. The van der Waals surface area contributed by atoms with Crippen molar-refractivity contribution < 1.29 is 32.3 Å². The summed E-state index contributed by atoms with van der Waals surface area (Å²) in [6, 6.07) is 2.33. The summed E-state index contributed by atoms with van der Waals surface area (Å²) in [5, 5.41) is 11.7. The average molecular weight is 320 g/mol. The minimum atomic E-state index is -4.50. The first-order valence-electron chi connectivity index (χ1n) is 6.59. The van der Waals surface area contributed by atoms with E-state index in [4.69, 9.17) is 4.42 Å². The molecule has 0 aromatic carbocycles. The first-order valence-corrected chi connectivity index (χ1v) is 6.59. The minimum absolute atomic E-state index is 0.280. The van der Waals surface area contributed by atoms with Gasteiger partial charge in [0.2, 0.25) is 11.8 Å². The molecule has 1 aromatic rings. The van der Waals surface area contributed by atoms with E-state index < -0.39 is 43.1 Å². The molecule has 0 spiro atoms. The van der Waals surface area contributed by atoms with Crippen LogP contribution < -0.4 is 5.32 Å². The second-order valence-electron chi connectivity index (χ2n) is 5.05. The zero-order chi connectivity index (χ0) is 16.3. The quantitative estimate of drug-likeness (QED) is 0.842. The van der Waals surface area contributed by atoms with Crippen molar-refractivity contribution in [2.24, 2.45) is 5.92 Å². The molecule has 1 aliphatic heterocycles. The molecule has 2 heterocycles. The maximum atomic E-state index is 12.3. The standard InChI is InChI=1S/C13H15F3N2O4/c14-13(15,16)7-18-5-8(4-11(18)20)12(21)17-9(6-19)10-2-1-3-22-10/h1-3,8-9,19H,4-7H2,(H,17,21). The highest BCUT2D eigenvalue weighted by molar-refractivity contribution is 5.89. The Kier molecular flexibility index (Phi) is 4.74. The maximum absolute atomic E-state index is 12.3. The highest BCUT2D eigenvalue weighted by atomic mass is 19.4. The number of nitrogens with zero attached hydrogens (tertiary/aromatic N) is 1. The summed E-state index contributed by atoms with van der Waals surface area (Å²) in [5.41, 5.74) is 0. The van der Waals surface area contributed by atoms with Gasteiger partial charge in [0.1, 0.15) is 18.3 Å². The van der Waals surface area contributed by atoms with Crippen LogP contribution in [0, 0.1) is 5.92 Å². The monoisotopic (exact) mass is 320 g/mol. The van der Waals surface area contributed by atoms with Crippen LogP contribution in [0.1, 0.15) is 18.2 Å². The van der Waals surface area contributed by atoms with Gasteiger partial charge in [0, 0.05) is 13.0 Å². The normalized spacial score (nSPS) is 20.3. The molecular weight excluding hydrogens is 305 g/mol. The highest BCUT2D eigenvalue weighted by Gasteiger charge is 2.41. The van der Waals surface area contributed by atoms with Gasteiger partial charge in [0.25, 0.3) is 0 Å². The molecule has 0 saturated carbocycles. The lowest BCUT2D eigenvalue weighted by molar-refractivity contribution is -0.157. The van der Waals surface area contributed by atoms with Crippen molar-refractivity contribution in [3.05, 3.63) is 24.2 Å². The van der Waals surface area contributed by atoms with Gasteiger partial charge in [-0.05, 0) is 12.1 Å². The molecule has 1 aromatic heterocycles. The Morgan fingerprint density at radius 1 is 1.55 bits per heavy atom. The smallest absolute Gasteiger partial charge is 0.406 e. The maximum Gasteiger partial charge on any atom is 0.406 e. The number of amides is 2. The number of alkyl halides is 3. The second-order valence-corrected chi connectivity index (χ2v) is 5.05. The minimum Gasteiger partial charge on any atom is -0.467 e. The third kappa shape index (κ3) is 4.00. The van der Waals surface area contributed by atoms with Gasteiger partial charge in [-0.2, -0.15) is 13.2 Å². The van der Waals surface area contributed by atoms with Crippen molar-refractivity contribution in [2.75, 3.05) is 19.7 Å². The number of nitrogens with one attached hydrogen (secondary N) is 1. The Hall–Kier alpha value is -2.03. The molecule has 1 fully saturated rings. The van der Waals surface area contributed by atoms with E-state index in [2.05, 4.69) is 5.32 Å². The van der Waals surface area contributed by atoms with Crippen LogP contribution in [0.15, 0.2) is 22.8 Å². The predicted octanol–water partition coefficient (Wildman–Crippen LogP) is 0.840. The predicted molar refractivity (Wildman–Crippen MR) is 67.4 cm³/mol. The SMILES string of the molecule is O=C(NC(CO)c1ccco1)C1CC(=O)N(CC(F)(F)F)C1. The van der Waals surface area contributed by atoms with E-state index in [0.717, 1.165) is 0 Å². The summed E-state index contributed by atoms with van der Waals surface area (Å²) in [6.07, 6.45) is -3.41. The molecule has 0 bridgehead atoms. The molecule has 2 atom stereocenters. The van der Waals surface area contributed by atoms with Gasteiger partial charge in [-0.25, -0.2) is 0 Å². The zero-order valence-electron chi connectivity index (χ0n) is 11.5. The topological polar surface area (TPSA) is 82.8 Å². The summed E-state index contributed by atoms with van der Waals surface area (Å²) in [7, 11) is 0. The van der Waals surface area contributed by atoms with Gasteiger partial charge in [0.05, 0.1) is 18.8 Å². The van der Waals surface area contributed by atoms with Gasteiger partial charge in [-0.1, -0.05) is 0 Å².